The van der Waals surface area contributed by atoms with Crippen molar-refractivity contribution < 1.29 is 47.8 Å². The van der Waals surface area contributed by atoms with Crippen molar-refractivity contribution in [2.45, 2.75) is 187 Å². The molecule has 0 aliphatic carbocycles. The highest BCUT2D eigenvalue weighted by Gasteiger charge is 2.27. The lowest BCUT2D eigenvalue weighted by molar-refractivity contribution is -0.161. The predicted molar refractivity (Wildman–Crippen MR) is 219 cm³/mol. The van der Waals surface area contributed by atoms with E-state index in [2.05, 4.69) is 60.9 Å². The number of esters is 2. The number of ether oxygens (including phenoxy) is 2. The molecule has 0 heterocycles. The Labute approximate surface area is 328 Å². The highest BCUT2D eigenvalue weighted by atomic mass is 31.2. The van der Waals surface area contributed by atoms with Gasteiger partial charge in [-0.2, -0.15) is 0 Å². The number of carbonyl (C=O) groups is 2. The fraction of sp³-hybridized carbons (Fsp3) is 0.767. The number of hydrogen-bond donors (Lipinski definition) is 3. The van der Waals surface area contributed by atoms with Crippen molar-refractivity contribution in [2.24, 2.45) is 0 Å². The first-order chi connectivity index (χ1) is 26.2. The van der Waals surface area contributed by atoms with Crippen LogP contribution in [0.2, 0.25) is 0 Å². The number of rotatable bonds is 39. The van der Waals surface area contributed by atoms with Gasteiger partial charge in [-0.15, -0.1) is 0 Å². The Balaban J connectivity index is 4.35. The Kier molecular flexibility index (Phi) is 37.7. The minimum absolute atomic E-state index is 0.166. The van der Waals surface area contributed by atoms with E-state index in [4.69, 9.17) is 19.1 Å². The molecule has 3 atom stereocenters. The summed E-state index contributed by atoms with van der Waals surface area (Å²) in [6.07, 6.45) is 41.0. The number of carbonyl (C=O) groups excluding carboxylic acids is 2. The Bertz CT molecular complexity index is 1040. The maximum absolute atomic E-state index is 12.5. The van der Waals surface area contributed by atoms with Gasteiger partial charge in [-0.3, -0.25) is 18.6 Å². The summed E-state index contributed by atoms with van der Waals surface area (Å²) in [6, 6.07) is 0. The average Bonchev–Trinajstić information content (AvgIpc) is 3.16. The molecule has 3 N–H and O–H groups in total. The molecule has 0 aromatic heterocycles. The first kappa shape index (κ1) is 51.9. The molecule has 11 heteroatoms. The van der Waals surface area contributed by atoms with Crippen molar-refractivity contribution >= 4 is 19.8 Å². The monoisotopic (exact) mass is 785 g/mol. The maximum Gasteiger partial charge on any atom is 0.472 e. The fourth-order valence-electron chi connectivity index (χ4n) is 5.46. The van der Waals surface area contributed by atoms with Crippen LogP contribution in [-0.2, 0) is 32.7 Å². The van der Waals surface area contributed by atoms with Gasteiger partial charge in [-0.25, -0.2) is 4.57 Å². The largest absolute Gasteiger partial charge is 0.472 e. The first-order valence-corrected chi connectivity index (χ1v) is 22.6. The van der Waals surface area contributed by atoms with Crippen LogP contribution < -0.4 is 0 Å². The lowest BCUT2D eigenvalue weighted by Gasteiger charge is -2.20. The number of unbranched alkanes of at least 4 members (excludes halogenated alkanes) is 17. The number of phosphoric ester groups is 1. The molecule has 10 nitrogen and oxygen atoms in total. The highest BCUT2D eigenvalue weighted by molar-refractivity contribution is 7.47. The van der Waals surface area contributed by atoms with E-state index in [1.54, 1.807) is 0 Å². The van der Waals surface area contributed by atoms with E-state index in [-0.39, 0.29) is 19.4 Å². The van der Waals surface area contributed by atoms with Crippen molar-refractivity contribution in [2.75, 3.05) is 26.4 Å². The average molecular weight is 785 g/mol. The van der Waals surface area contributed by atoms with Crippen molar-refractivity contribution in [1.82, 2.24) is 0 Å². The predicted octanol–water partition coefficient (Wildman–Crippen LogP) is 10.9. The van der Waals surface area contributed by atoms with E-state index in [1.807, 2.05) is 6.08 Å². The molecule has 0 saturated carbocycles. The number of aliphatic hydroxyl groups excluding tert-OH is 2. The summed E-state index contributed by atoms with van der Waals surface area (Å²) in [5, 5.41) is 18.3. The van der Waals surface area contributed by atoms with Gasteiger partial charge in [0.1, 0.15) is 12.7 Å². The van der Waals surface area contributed by atoms with Gasteiger partial charge in [0.25, 0.3) is 0 Å². The van der Waals surface area contributed by atoms with E-state index in [1.165, 1.54) is 89.9 Å². The molecule has 0 rings (SSSR count). The van der Waals surface area contributed by atoms with Gasteiger partial charge in [0.05, 0.1) is 19.8 Å². The van der Waals surface area contributed by atoms with Crippen LogP contribution in [0, 0.1) is 0 Å². The fourth-order valence-corrected chi connectivity index (χ4v) is 6.25. The van der Waals surface area contributed by atoms with Gasteiger partial charge in [0.2, 0.25) is 0 Å². The minimum Gasteiger partial charge on any atom is -0.462 e. The second-order valence-corrected chi connectivity index (χ2v) is 15.5. The molecular weight excluding hydrogens is 707 g/mol. The third-order valence-corrected chi connectivity index (χ3v) is 9.69. The zero-order chi connectivity index (χ0) is 39.8. The lowest BCUT2D eigenvalue weighted by atomic mass is 10.1. The second-order valence-electron chi connectivity index (χ2n) is 14.0. The molecule has 0 spiro atoms. The minimum atomic E-state index is -4.62. The smallest absolute Gasteiger partial charge is 0.462 e. The van der Waals surface area contributed by atoms with Crippen molar-refractivity contribution in [3.8, 4) is 0 Å². The third kappa shape index (κ3) is 38.2. The first-order valence-electron chi connectivity index (χ1n) is 21.1. The van der Waals surface area contributed by atoms with Crippen LogP contribution in [0.5, 0.6) is 0 Å². The van der Waals surface area contributed by atoms with E-state index >= 15 is 0 Å². The van der Waals surface area contributed by atoms with Crippen LogP contribution in [0.1, 0.15) is 174 Å². The molecule has 0 aliphatic rings. The van der Waals surface area contributed by atoms with Crippen LogP contribution in [0.3, 0.4) is 0 Å². The van der Waals surface area contributed by atoms with Crippen LogP contribution in [-0.4, -0.2) is 65.7 Å². The molecule has 0 radical (unpaired) electrons. The molecule has 0 aromatic carbocycles. The summed E-state index contributed by atoms with van der Waals surface area (Å²) in [4.78, 5) is 34.8. The van der Waals surface area contributed by atoms with Crippen molar-refractivity contribution in [3.63, 3.8) is 0 Å². The Morgan fingerprint density at radius 1 is 0.556 bits per heavy atom. The van der Waals surface area contributed by atoms with Gasteiger partial charge in [0, 0.05) is 12.8 Å². The summed E-state index contributed by atoms with van der Waals surface area (Å²) in [7, 11) is -4.62. The molecule has 0 fully saturated rings. The van der Waals surface area contributed by atoms with Gasteiger partial charge < -0.3 is 24.6 Å². The normalized spacial score (nSPS) is 14.4. The van der Waals surface area contributed by atoms with Gasteiger partial charge in [-0.05, 0) is 51.4 Å². The molecule has 0 aliphatic heterocycles. The molecule has 54 heavy (non-hydrogen) atoms. The standard InChI is InChI=1S/C43H77O10P/c1-3-5-7-9-11-13-15-16-17-18-19-20-21-22-23-24-25-27-28-30-32-34-42(46)50-38-41(39-52-54(48,49)51-37-40(45)36-44)53-43(47)35-33-31-29-26-14-12-10-8-6-4-2/h17-18,20-21,23-24,27-28,40-41,44-45H,3-16,19,22,25-26,29-39H2,1-2H3,(H,48,49)/b18-17+,21-20+,24-23+,28-27+/t40-,41+/m1/s1. The molecule has 314 valence electrons. The maximum atomic E-state index is 12.5. The Morgan fingerprint density at radius 3 is 1.50 bits per heavy atom. The van der Waals surface area contributed by atoms with E-state index in [0.29, 0.717) is 19.3 Å². The molecule has 0 aromatic rings. The Hall–Kier alpha value is -2.07. The lowest BCUT2D eigenvalue weighted by Crippen LogP contribution is -2.29. The van der Waals surface area contributed by atoms with E-state index in [9.17, 15) is 24.2 Å². The van der Waals surface area contributed by atoms with Gasteiger partial charge >= 0.3 is 19.8 Å². The zero-order valence-corrected chi connectivity index (χ0v) is 34.8. The van der Waals surface area contributed by atoms with E-state index in [0.717, 1.165) is 38.5 Å². The summed E-state index contributed by atoms with van der Waals surface area (Å²) < 4.78 is 32.5. The van der Waals surface area contributed by atoms with Crippen LogP contribution in [0.25, 0.3) is 0 Å². The second kappa shape index (κ2) is 39.2. The Morgan fingerprint density at radius 2 is 0.981 bits per heavy atom. The van der Waals surface area contributed by atoms with Gasteiger partial charge in [0.15, 0.2) is 6.10 Å². The van der Waals surface area contributed by atoms with Crippen LogP contribution >= 0.6 is 7.82 Å². The number of phosphoric acid groups is 1. The van der Waals surface area contributed by atoms with E-state index < -0.39 is 51.8 Å². The quantitative estimate of drug-likeness (QED) is 0.0238. The molecular formula is C43H77O10P. The van der Waals surface area contributed by atoms with Crippen LogP contribution in [0.4, 0.5) is 0 Å². The molecule has 1 unspecified atom stereocenters. The molecule has 0 saturated heterocycles. The van der Waals surface area contributed by atoms with Crippen molar-refractivity contribution in [1.29, 1.82) is 0 Å². The number of allylic oxidation sites excluding steroid dienone is 8. The third-order valence-electron chi connectivity index (χ3n) is 8.74. The zero-order valence-electron chi connectivity index (χ0n) is 33.9. The number of aliphatic hydroxyl groups is 2. The number of hydrogen-bond acceptors (Lipinski definition) is 9. The summed E-state index contributed by atoms with van der Waals surface area (Å²) >= 11 is 0. The summed E-state index contributed by atoms with van der Waals surface area (Å²) in [6.45, 7) is 2.29. The summed E-state index contributed by atoms with van der Waals surface area (Å²) in [5.74, 6) is -0.992. The highest BCUT2D eigenvalue weighted by Crippen LogP contribution is 2.43. The molecule has 0 bridgehead atoms. The van der Waals surface area contributed by atoms with Gasteiger partial charge in [-0.1, -0.05) is 159 Å². The van der Waals surface area contributed by atoms with Crippen LogP contribution in [0.15, 0.2) is 48.6 Å². The SMILES string of the molecule is CCCCCCCCC/C=C/C/C=C/C/C=C/C/C=C/CCCC(=O)OC[C@@H](COP(=O)(O)OC[C@H](O)CO)OC(=O)CCCCCCCCCCCC. The van der Waals surface area contributed by atoms with Crippen molar-refractivity contribution in [3.05, 3.63) is 48.6 Å². The topological polar surface area (TPSA) is 149 Å². The molecule has 0 amide bonds. The summed E-state index contributed by atoms with van der Waals surface area (Å²) in [5.41, 5.74) is 0.